The Bertz CT molecular complexity index is 792. The van der Waals surface area contributed by atoms with E-state index >= 15 is 0 Å². The number of ether oxygens (including phenoxy) is 1. The van der Waals surface area contributed by atoms with Crippen LogP contribution in [0, 0.1) is 6.92 Å². The Morgan fingerprint density at radius 2 is 2.09 bits per heavy atom. The maximum Gasteiger partial charge on any atom is 0.258 e. The average molecular weight is 315 g/mol. The summed E-state index contributed by atoms with van der Waals surface area (Å²) in [5.74, 6) is 0. The molecule has 3 heterocycles. The molecular formula is C18H25N3O2. The molecule has 5 nitrogen and oxygen atoms in total. The monoisotopic (exact) mass is 315 g/mol. The Morgan fingerprint density at radius 3 is 2.74 bits per heavy atom. The minimum atomic E-state index is -0.230. The highest BCUT2D eigenvalue weighted by atomic mass is 16.5. The van der Waals surface area contributed by atoms with Crippen molar-refractivity contribution in [3.05, 3.63) is 46.0 Å². The molecule has 1 fully saturated rings. The molecule has 1 aliphatic rings. The predicted octanol–water partition coefficient (Wildman–Crippen LogP) is 2.44. The van der Waals surface area contributed by atoms with Gasteiger partial charge in [0.05, 0.1) is 16.9 Å². The summed E-state index contributed by atoms with van der Waals surface area (Å²) >= 11 is 0. The zero-order valence-corrected chi connectivity index (χ0v) is 14.5. The van der Waals surface area contributed by atoms with E-state index in [9.17, 15) is 4.79 Å². The molecule has 1 N–H and O–H groups in total. The van der Waals surface area contributed by atoms with Gasteiger partial charge in [0.1, 0.15) is 5.65 Å². The van der Waals surface area contributed by atoms with Crippen LogP contribution < -0.4 is 10.9 Å². The van der Waals surface area contributed by atoms with Crippen molar-refractivity contribution in [1.82, 2.24) is 14.7 Å². The van der Waals surface area contributed by atoms with Gasteiger partial charge in [-0.2, -0.15) is 0 Å². The van der Waals surface area contributed by atoms with Gasteiger partial charge in [0.15, 0.2) is 0 Å². The number of aryl methyl sites for hydroxylation is 1. The fourth-order valence-electron chi connectivity index (χ4n) is 3.56. The summed E-state index contributed by atoms with van der Waals surface area (Å²) in [6.07, 6.45) is 0.936. The number of aromatic nitrogens is 2. The van der Waals surface area contributed by atoms with Gasteiger partial charge in [-0.15, -0.1) is 0 Å². The Kier molecular flexibility index (Phi) is 3.81. The summed E-state index contributed by atoms with van der Waals surface area (Å²) in [5.41, 5.74) is 1.96. The zero-order chi connectivity index (χ0) is 16.8. The molecule has 3 rings (SSSR count). The quantitative estimate of drug-likeness (QED) is 0.945. The fourth-order valence-corrected chi connectivity index (χ4v) is 3.56. The van der Waals surface area contributed by atoms with E-state index in [1.54, 1.807) is 10.5 Å². The summed E-state index contributed by atoms with van der Waals surface area (Å²) in [6, 6.07) is 7.54. The minimum Gasteiger partial charge on any atom is -0.368 e. The van der Waals surface area contributed by atoms with E-state index in [1.165, 1.54) is 0 Å². The smallest absolute Gasteiger partial charge is 0.258 e. The van der Waals surface area contributed by atoms with Crippen LogP contribution in [0.15, 0.2) is 29.1 Å². The first-order valence-corrected chi connectivity index (χ1v) is 8.10. The van der Waals surface area contributed by atoms with Crippen molar-refractivity contribution in [2.45, 2.75) is 64.8 Å². The van der Waals surface area contributed by atoms with Crippen LogP contribution in [0.2, 0.25) is 0 Å². The van der Waals surface area contributed by atoms with Crippen LogP contribution in [-0.4, -0.2) is 26.6 Å². The van der Waals surface area contributed by atoms with Crippen molar-refractivity contribution in [3.63, 3.8) is 0 Å². The van der Waals surface area contributed by atoms with Gasteiger partial charge in [0.25, 0.3) is 5.56 Å². The molecule has 0 aromatic carbocycles. The lowest BCUT2D eigenvalue weighted by Crippen LogP contribution is -2.43. The lowest BCUT2D eigenvalue weighted by atomic mass is 9.94. The van der Waals surface area contributed by atoms with Gasteiger partial charge in [0.2, 0.25) is 0 Å². The first-order valence-electron chi connectivity index (χ1n) is 8.10. The summed E-state index contributed by atoms with van der Waals surface area (Å²) in [7, 11) is 0. The molecule has 124 valence electrons. The molecule has 0 radical (unpaired) electrons. The molecule has 5 heteroatoms. The Labute approximate surface area is 136 Å². The number of nitrogens with one attached hydrogen (secondary N) is 1. The van der Waals surface area contributed by atoms with Crippen LogP contribution in [0.25, 0.3) is 5.65 Å². The molecule has 1 saturated heterocycles. The molecular weight excluding hydrogens is 290 g/mol. The first kappa shape index (κ1) is 16.1. The molecule has 1 unspecified atom stereocenters. The lowest BCUT2D eigenvalue weighted by Gasteiger charge is -2.27. The van der Waals surface area contributed by atoms with Crippen molar-refractivity contribution in [1.29, 1.82) is 0 Å². The molecule has 2 aromatic heterocycles. The van der Waals surface area contributed by atoms with Gasteiger partial charge in [-0.1, -0.05) is 6.07 Å². The topological polar surface area (TPSA) is 55.6 Å². The molecule has 0 saturated carbocycles. The third-order valence-electron chi connectivity index (χ3n) is 4.54. The number of fused-ring (bicyclic) bond motifs is 1. The molecule has 23 heavy (non-hydrogen) atoms. The lowest BCUT2D eigenvalue weighted by molar-refractivity contribution is -0.0699. The zero-order valence-electron chi connectivity index (χ0n) is 14.5. The number of hydrogen-bond donors (Lipinski definition) is 1. The van der Waals surface area contributed by atoms with E-state index in [2.05, 4.69) is 38.0 Å². The highest BCUT2D eigenvalue weighted by Gasteiger charge is 2.45. The molecule has 0 aliphatic carbocycles. The second-order valence-corrected chi connectivity index (χ2v) is 7.55. The van der Waals surface area contributed by atoms with E-state index in [4.69, 9.17) is 4.74 Å². The number of hydrogen-bond acceptors (Lipinski definition) is 4. The van der Waals surface area contributed by atoms with Gasteiger partial charge < -0.3 is 10.1 Å². The van der Waals surface area contributed by atoms with Crippen LogP contribution >= 0.6 is 0 Å². The molecule has 0 spiro atoms. The van der Waals surface area contributed by atoms with Crippen molar-refractivity contribution >= 4 is 5.65 Å². The van der Waals surface area contributed by atoms with Crippen LogP contribution in [0.3, 0.4) is 0 Å². The van der Waals surface area contributed by atoms with E-state index in [-0.39, 0.29) is 22.8 Å². The van der Waals surface area contributed by atoms with E-state index in [0.29, 0.717) is 12.2 Å². The summed E-state index contributed by atoms with van der Waals surface area (Å²) < 4.78 is 7.73. The number of rotatable bonds is 3. The van der Waals surface area contributed by atoms with Crippen molar-refractivity contribution in [2.24, 2.45) is 0 Å². The van der Waals surface area contributed by atoms with Gasteiger partial charge in [-0.3, -0.25) is 9.20 Å². The molecule has 1 aliphatic heterocycles. The van der Waals surface area contributed by atoms with Gasteiger partial charge in [-0.25, -0.2) is 4.98 Å². The molecule has 0 bridgehead atoms. The van der Waals surface area contributed by atoms with Crippen LogP contribution in [0.5, 0.6) is 0 Å². The highest BCUT2D eigenvalue weighted by Crippen LogP contribution is 2.37. The maximum atomic E-state index is 12.3. The van der Waals surface area contributed by atoms with Gasteiger partial charge in [-0.05, 0) is 53.2 Å². The molecule has 0 amide bonds. The Morgan fingerprint density at radius 1 is 1.35 bits per heavy atom. The average Bonchev–Trinajstić information content (AvgIpc) is 2.63. The molecule has 2 aromatic rings. The third-order valence-corrected chi connectivity index (χ3v) is 4.54. The van der Waals surface area contributed by atoms with E-state index in [1.807, 2.05) is 25.1 Å². The second-order valence-electron chi connectivity index (χ2n) is 7.55. The largest absolute Gasteiger partial charge is 0.368 e. The van der Waals surface area contributed by atoms with Crippen LogP contribution in [-0.2, 0) is 11.3 Å². The van der Waals surface area contributed by atoms with Crippen molar-refractivity contribution in [2.75, 3.05) is 0 Å². The highest BCUT2D eigenvalue weighted by molar-refractivity contribution is 5.40. The second kappa shape index (κ2) is 5.42. The van der Waals surface area contributed by atoms with Crippen LogP contribution in [0.1, 0.15) is 45.5 Å². The number of pyridine rings is 1. The standard InChI is InChI=1S/C18H25N3O2/c1-12-7-6-8-15-20-13(9-16(22)21(12)15)11-19-14-10-17(2,3)23-18(14,4)5/h6-9,14,19H,10-11H2,1-5H3. The van der Waals surface area contributed by atoms with E-state index < -0.39 is 0 Å². The van der Waals surface area contributed by atoms with Crippen molar-refractivity contribution in [3.8, 4) is 0 Å². The van der Waals surface area contributed by atoms with Gasteiger partial charge >= 0.3 is 0 Å². The Hall–Kier alpha value is -1.72. The molecule has 1 atom stereocenters. The Balaban J connectivity index is 1.82. The first-order chi connectivity index (χ1) is 10.7. The van der Waals surface area contributed by atoms with Gasteiger partial charge in [0, 0.05) is 24.3 Å². The maximum absolute atomic E-state index is 12.3. The number of nitrogens with zero attached hydrogens (tertiary/aromatic N) is 2. The fraction of sp³-hybridized carbons (Fsp3) is 0.556. The minimum absolute atomic E-state index is 0.0350. The van der Waals surface area contributed by atoms with Crippen LogP contribution in [0.4, 0.5) is 0 Å². The third kappa shape index (κ3) is 3.16. The SMILES string of the molecule is Cc1cccc2nc(CNC3CC(C)(C)OC3(C)C)cc(=O)n12. The normalized spacial score (nSPS) is 22.6. The van der Waals surface area contributed by atoms with E-state index in [0.717, 1.165) is 17.8 Å². The summed E-state index contributed by atoms with van der Waals surface area (Å²) in [4.78, 5) is 16.9. The summed E-state index contributed by atoms with van der Waals surface area (Å²) in [5, 5.41) is 3.51. The predicted molar refractivity (Wildman–Crippen MR) is 90.7 cm³/mol. The summed E-state index contributed by atoms with van der Waals surface area (Å²) in [6.45, 7) is 10.9. The van der Waals surface area contributed by atoms with Crippen molar-refractivity contribution < 1.29 is 4.74 Å².